The molecule has 2 aromatic heterocycles. The predicted molar refractivity (Wildman–Crippen MR) is 74.5 cm³/mol. The quantitative estimate of drug-likeness (QED) is 0.860. The number of hydrogen-bond acceptors (Lipinski definition) is 2. The molecular formula is C14H20N2S. The van der Waals surface area contributed by atoms with Crippen molar-refractivity contribution < 1.29 is 0 Å². The minimum Gasteiger partial charge on any atom is -0.353 e. The normalized spacial score (nSPS) is 12.9. The van der Waals surface area contributed by atoms with Gasteiger partial charge in [-0.15, -0.1) is 11.3 Å². The van der Waals surface area contributed by atoms with Gasteiger partial charge < -0.3 is 9.88 Å². The minimum absolute atomic E-state index is 0.517. The molecule has 0 saturated carbocycles. The Morgan fingerprint density at radius 2 is 2.18 bits per heavy atom. The third-order valence-electron chi connectivity index (χ3n) is 2.99. The molecule has 92 valence electrons. The van der Waals surface area contributed by atoms with Gasteiger partial charge in [-0.3, -0.25) is 0 Å². The van der Waals surface area contributed by atoms with E-state index in [0.717, 1.165) is 13.0 Å². The number of aryl methyl sites for hydroxylation is 2. The molecule has 0 aliphatic rings. The van der Waals surface area contributed by atoms with Crippen molar-refractivity contribution >= 4 is 11.3 Å². The maximum Gasteiger partial charge on any atom is 0.0361 e. The van der Waals surface area contributed by atoms with Crippen molar-refractivity contribution in [3.8, 4) is 0 Å². The van der Waals surface area contributed by atoms with E-state index in [2.05, 4.69) is 61.2 Å². The van der Waals surface area contributed by atoms with Crippen LogP contribution in [-0.2, 0) is 20.0 Å². The second-order valence-electron chi connectivity index (χ2n) is 4.61. The highest BCUT2D eigenvalue weighted by Crippen LogP contribution is 2.16. The molecule has 3 heteroatoms. The summed E-state index contributed by atoms with van der Waals surface area (Å²) in [6.45, 7) is 5.35. The predicted octanol–water partition coefficient (Wildman–Crippen LogP) is 3.12. The largest absolute Gasteiger partial charge is 0.353 e. The van der Waals surface area contributed by atoms with E-state index in [9.17, 15) is 0 Å². The monoisotopic (exact) mass is 248 g/mol. The lowest BCUT2D eigenvalue weighted by atomic mass is 10.2. The number of aromatic nitrogens is 1. The van der Waals surface area contributed by atoms with E-state index >= 15 is 0 Å². The van der Waals surface area contributed by atoms with Crippen molar-refractivity contribution in [2.24, 2.45) is 7.05 Å². The number of hydrogen-bond donors (Lipinski definition) is 1. The van der Waals surface area contributed by atoms with Gasteiger partial charge in [0.25, 0.3) is 0 Å². The highest BCUT2D eigenvalue weighted by atomic mass is 32.1. The number of rotatable bonds is 5. The lowest BCUT2D eigenvalue weighted by Gasteiger charge is -2.13. The molecule has 0 radical (unpaired) electrons. The number of thiophene rings is 1. The van der Waals surface area contributed by atoms with Gasteiger partial charge in [0.1, 0.15) is 0 Å². The van der Waals surface area contributed by atoms with Gasteiger partial charge in [0.15, 0.2) is 0 Å². The zero-order valence-corrected chi connectivity index (χ0v) is 11.6. The fourth-order valence-electron chi connectivity index (χ4n) is 1.93. The summed E-state index contributed by atoms with van der Waals surface area (Å²) in [4.78, 5) is 2.86. The molecule has 1 unspecified atom stereocenters. The highest BCUT2D eigenvalue weighted by Gasteiger charge is 2.05. The molecule has 0 fully saturated rings. The average Bonchev–Trinajstić information content (AvgIpc) is 2.85. The maximum absolute atomic E-state index is 3.57. The van der Waals surface area contributed by atoms with E-state index in [1.54, 1.807) is 0 Å². The Hall–Kier alpha value is -1.06. The van der Waals surface area contributed by atoms with Crippen molar-refractivity contribution in [2.75, 3.05) is 0 Å². The molecule has 2 rings (SSSR count). The molecule has 0 aromatic carbocycles. The Labute approximate surface area is 107 Å². The topological polar surface area (TPSA) is 17.0 Å². The average molecular weight is 248 g/mol. The molecule has 0 spiro atoms. The molecule has 2 heterocycles. The lowest BCUT2D eigenvalue weighted by molar-refractivity contribution is 0.535. The van der Waals surface area contributed by atoms with E-state index in [1.807, 2.05) is 11.3 Å². The molecular weight excluding hydrogens is 228 g/mol. The Morgan fingerprint density at radius 1 is 1.35 bits per heavy atom. The second kappa shape index (κ2) is 5.52. The standard InChI is InChI=1S/C14H20N2S/c1-11(9-14-7-6-12(2)17-14)15-10-13-5-4-8-16(13)3/h4-8,11,15H,9-10H2,1-3H3. The van der Waals surface area contributed by atoms with Crippen LogP contribution in [0.15, 0.2) is 30.5 Å². The first kappa shape index (κ1) is 12.4. The molecule has 0 amide bonds. The van der Waals surface area contributed by atoms with Crippen LogP contribution in [0.4, 0.5) is 0 Å². The van der Waals surface area contributed by atoms with Crippen LogP contribution in [0.3, 0.4) is 0 Å². The van der Waals surface area contributed by atoms with E-state index in [-0.39, 0.29) is 0 Å². The van der Waals surface area contributed by atoms with Crippen LogP contribution in [0.1, 0.15) is 22.4 Å². The van der Waals surface area contributed by atoms with Crippen molar-refractivity contribution in [3.05, 3.63) is 45.9 Å². The van der Waals surface area contributed by atoms with Gasteiger partial charge in [0.05, 0.1) is 0 Å². The van der Waals surface area contributed by atoms with Gasteiger partial charge >= 0.3 is 0 Å². The second-order valence-corrected chi connectivity index (χ2v) is 5.98. The van der Waals surface area contributed by atoms with Crippen molar-refractivity contribution in [1.82, 2.24) is 9.88 Å². The summed E-state index contributed by atoms with van der Waals surface area (Å²) >= 11 is 1.90. The van der Waals surface area contributed by atoms with Gasteiger partial charge in [0, 0.05) is 41.3 Å². The summed E-state index contributed by atoms with van der Waals surface area (Å²) in [7, 11) is 2.09. The summed E-state index contributed by atoms with van der Waals surface area (Å²) < 4.78 is 2.16. The zero-order chi connectivity index (χ0) is 12.3. The molecule has 2 nitrogen and oxygen atoms in total. The highest BCUT2D eigenvalue weighted by molar-refractivity contribution is 7.11. The maximum atomic E-state index is 3.57. The van der Waals surface area contributed by atoms with Crippen LogP contribution in [0.5, 0.6) is 0 Å². The van der Waals surface area contributed by atoms with Crippen molar-refractivity contribution in [1.29, 1.82) is 0 Å². The van der Waals surface area contributed by atoms with Crippen LogP contribution in [0, 0.1) is 6.92 Å². The van der Waals surface area contributed by atoms with Gasteiger partial charge in [-0.1, -0.05) is 0 Å². The molecule has 2 aromatic rings. The van der Waals surface area contributed by atoms with E-state index in [0.29, 0.717) is 6.04 Å². The third-order valence-corrected chi connectivity index (χ3v) is 4.01. The Balaban J connectivity index is 1.82. The van der Waals surface area contributed by atoms with Crippen LogP contribution in [-0.4, -0.2) is 10.6 Å². The minimum atomic E-state index is 0.517. The van der Waals surface area contributed by atoms with Crippen molar-refractivity contribution in [3.63, 3.8) is 0 Å². The summed E-state index contributed by atoms with van der Waals surface area (Å²) in [6, 6.07) is 9.20. The van der Waals surface area contributed by atoms with Crippen LogP contribution in [0.25, 0.3) is 0 Å². The molecule has 1 atom stereocenters. The number of nitrogens with one attached hydrogen (secondary N) is 1. The smallest absolute Gasteiger partial charge is 0.0361 e. The summed E-state index contributed by atoms with van der Waals surface area (Å²) in [6.07, 6.45) is 3.20. The van der Waals surface area contributed by atoms with Gasteiger partial charge in [-0.25, -0.2) is 0 Å². The molecule has 0 aliphatic heterocycles. The van der Waals surface area contributed by atoms with Crippen LogP contribution in [0.2, 0.25) is 0 Å². The fraction of sp³-hybridized carbons (Fsp3) is 0.429. The Morgan fingerprint density at radius 3 is 2.76 bits per heavy atom. The molecule has 0 aliphatic carbocycles. The Bertz CT molecular complexity index is 470. The zero-order valence-electron chi connectivity index (χ0n) is 10.7. The van der Waals surface area contributed by atoms with Gasteiger partial charge in [-0.05, 0) is 44.5 Å². The molecule has 0 saturated heterocycles. The van der Waals surface area contributed by atoms with E-state index < -0.39 is 0 Å². The van der Waals surface area contributed by atoms with Gasteiger partial charge in [-0.2, -0.15) is 0 Å². The van der Waals surface area contributed by atoms with E-state index in [1.165, 1.54) is 15.4 Å². The van der Waals surface area contributed by atoms with E-state index in [4.69, 9.17) is 0 Å². The number of nitrogens with zero attached hydrogens (tertiary/aromatic N) is 1. The Kier molecular flexibility index (Phi) is 4.02. The van der Waals surface area contributed by atoms with Crippen LogP contribution >= 0.6 is 11.3 Å². The summed E-state index contributed by atoms with van der Waals surface area (Å²) in [5.41, 5.74) is 1.33. The first-order chi connectivity index (χ1) is 8.15. The summed E-state index contributed by atoms with van der Waals surface area (Å²) in [5.74, 6) is 0. The fourth-order valence-corrected chi connectivity index (χ4v) is 2.95. The molecule has 17 heavy (non-hydrogen) atoms. The molecule has 0 bridgehead atoms. The van der Waals surface area contributed by atoms with Gasteiger partial charge in [0.2, 0.25) is 0 Å². The first-order valence-electron chi connectivity index (χ1n) is 6.04. The van der Waals surface area contributed by atoms with Crippen molar-refractivity contribution in [2.45, 2.75) is 32.9 Å². The first-order valence-corrected chi connectivity index (χ1v) is 6.85. The SMILES string of the molecule is Cc1ccc(CC(C)NCc2cccn2C)s1. The lowest BCUT2D eigenvalue weighted by Crippen LogP contribution is -2.28. The third kappa shape index (κ3) is 3.45. The van der Waals surface area contributed by atoms with Crippen LogP contribution < -0.4 is 5.32 Å². The molecule has 1 N–H and O–H groups in total. The summed E-state index contributed by atoms with van der Waals surface area (Å²) in [5, 5.41) is 3.57.